The average Bonchev–Trinajstić information content (AvgIpc) is 3.60. The van der Waals surface area contributed by atoms with Gasteiger partial charge >= 0.3 is 47.8 Å². The maximum atomic E-state index is 12.0. The van der Waals surface area contributed by atoms with Crippen LogP contribution in [0, 0.1) is 28.1 Å². The van der Waals surface area contributed by atoms with Crippen LogP contribution in [0.5, 0.6) is 0 Å². The molecule has 0 heterocycles. The standard InChI is InChI=1S/C29H47N5O10.C26H36N4O10.CH4/c1-18(2)25(39)43-16-20(35)14-41-23(37)11-9-10-22(30)28(5,6)33-34-29(7,8)27(31)32-13-12-24(38)42-15-21(36)17-44-26(40)19(3)4;1-17(2)23(35)39-13-19(31)11-37-21(33)7-9-25(5,15-27)29-30-26(6,16-28)10-8-22(34)38-12-20(32)14-40-24(36)18(3)4;/h20-21,30,35-36H,1,3,9-17H2,2,4-8H3,(H2,31,32);19-20,31-32H,1,3,7-14H2,2,4-6H3;1H4. The lowest BCUT2D eigenvalue weighted by atomic mass is 9.95. The third kappa shape index (κ3) is 38.4. The van der Waals surface area contributed by atoms with E-state index >= 15 is 0 Å². The van der Waals surface area contributed by atoms with Crippen molar-refractivity contribution in [3.8, 4) is 12.1 Å². The number of nitrogens with two attached hydrogens (primary N) is 1. The Kier molecular flexibility index (Phi) is 39.1. The van der Waals surface area contributed by atoms with E-state index in [0.717, 1.165) is 0 Å². The SMILES string of the molecule is C.C=C(C)C(=O)OCC(O)COC(=O)CCC(C)(C#N)N=NC(C)(C#N)CCC(=O)OCC(O)COC(=O)C(=C)C.C=C(C)C(=O)OCC(O)COC(=O)CCCC(=N)C(C)(C)N=NC(C)(C)C(N)=NCCC(=O)OCC(O)COC(=O)C(=C)C. The van der Waals surface area contributed by atoms with Gasteiger partial charge < -0.3 is 69.5 Å². The second kappa shape index (κ2) is 41.0. The Labute approximate surface area is 496 Å². The molecular weight excluding hydrogens is 1120 g/mol. The number of aliphatic hydroxyl groups is 4. The minimum atomic E-state index is -1.50. The van der Waals surface area contributed by atoms with Crippen molar-refractivity contribution in [2.75, 3.05) is 59.4 Å². The molecule has 0 bridgehead atoms. The number of amidine groups is 1. The van der Waals surface area contributed by atoms with Crippen molar-refractivity contribution in [3.63, 3.8) is 0 Å². The predicted octanol–water partition coefficient (Wildman–Crippen LogP) is 4.23. The maximum absolute atomic E-state index is 12.0. The minimum absolute atomic E-state index is 0. The number of esters is 8. The number of nitrogens with one attached hydrogen (secondary N) is 1. The number of hydrogen-bond acceptors (Lipinski definition) is 28. The molecule has 29 heteroatoms. The number of azo groups is 2. The number of carbonyl (C=O) groups excluding carboxylic acids is 8. The van der Waals surface area contributed by atoms with Crippen molar-refractivity contribution in [1.82, 2.24) is 0 Å². The number of carbonyl (C=O) groups is 8. The molecule has 6 atom stereocenters. The Morgan fingerprint density at radius 1 is 0.471 bits per heavy atom. The van der Waals surface area contributed by atoms with Gasteiger partial charge in [0.15, 0.2) is 11.1 Å². The molecule has 29 nitrogen and oxygen atoms in total. The van der Waals surface area contributed by atoms with Crippen LogP contribution in [0.1, 0.15) is 128 Å². The molecule has 0 radical (unpaired) electrons. The second-order valence-electron chi connectivity index (χ2n) is 20.5. The molecule has 0 aromatic carbocycles. The molecule has 0 aliphatic carbocycles. The minimum Gasteiger partial charge on any atom is -0.463 e. The van der Waals surface area contributed by atoms with Crippen molar-refractivity contribution in [2.45, 2.75) is 175 Å². The molecule has 0 aromatic rings. The van der Waals surface area contributed by atoms with Gasteiger partial charge in [0, 0.05) is 47.3 Å². The summed E-state index contributed by atoms with van der Waals surface area (Å²) in [6, 6.07) is 3.82. The first kappa shape index (κ1) is 81.1. The molecule has 0 fully saturated rings. The van der Waals surface area contributed by atoms with Crippen LogP contribution in [0.2, 0.25) is 0 Å². The molecule has 476 valence electrons. The monoisotopic (exact) mass is 1210 g/mol. The van der Waals surface area contributed by atoms with Gasteiger partial charge in [-0.25, -0.2) is 19.2 Å². The molecule has 7 N–H and O–H groups in total. The summed E-state index contributed by atoms with van der Waals surface area (Å²) < 4.78 is 38.8. The zero-order valence-electron chi connectivity index (χ0n) is 49.7. The summed E-state index contributed by atoms with van der Waals surface area (Å²) in [4.78, 5) is 97.4. The lowest BCUT2D eigenvalue weighted by molar-refractivity contribution is -0.152. The number of nitriles is 2. The first-order valence-electron chi connectivity index (χ1n) is 26.1. The molecule has 0 aromatic heterocycles. The van der Waals surface area contributed by atoms with E-state index in [1.807, 2.05) is 12.1 Å². The van der Waals surface area contributed by atoms with Crippen LogP contribution in [0.15, 0.2) is 74.1 Å². The van der Waals surface area contributed by atoms with Gasteiger partial charge in [-0.05, 0) is 94.9 Å². The van der Waals surface area contributed by atoms with E-state index in [2.05, 4.69) is 51.8 Å². The summed E-state index contributed by atoms with van der Waals surface area (Å²) in [6.45, 7) is 25.9. The van der Waals surface area contributed by atoms with Crippen molar-refractivity contribution in [1.29, 1.82) is 15.9 Å². The molecule has 85 heavy (non-hydrogen) atoms. The van der Waals surface area contributed by atoms with Crippen molar-refractivity contribution < 1.29 is 96.7 Å². The lowest BCUT2D eigenvalue weighted by Gasteiger charge is -2.23. The molecule has 0 rings (SSSR count). The van der Waals surface area contributed by atoms with Crippen molar-refractivity contribution >= 4 is 59.3 Å². The summed E-state index contributed by atoms with van der Waals surface area (Å²) >= 11 is 0. The van der Waals surface area contributed by atoms with Crippen LogP contribution >= 0.6 is 0 Å². The fourth-order valence-electron chi connectivity index (χ4n) is 5.12. The van der Waals surface area contributed by atoms with Crippen LogP contribution in [0.4, 0.5) is 0 Å². The van der Waals surface area contributed by atoms with E-state index in [1.54, 1.807) is 27.7 Å². The van der Waals surface area contributed by atoms with E-state index < -0.39 is 121 Å². The molecule has 0 saturated heterocycles. The number of ether oxygens (including phenoxy) is 8. The highest BCUT2D eigenvalue weighted by molar-refractivity contribution is 5.91. The van der Waals surface area contributed by atoms with Crippen molar-refractivity contribution in [2.24, 2.45) is 31.2 Å². The van der Waals surface area contributed by atoms with Gasteiger partial charge in [0.2, 0.25) is 0 Å². The normalized spacial score (nSPS) is 14.1. The van der Waals surface area contributed by atoms with E-state index in [4.69, 9.17) is 49.0 Å². The molecule has 6 unspecified atom stereocenters. The first-order valence-corrected chi connectivity index (χ1v) is 26.1. The topological polar surface area (TPSA) is 451 Å². The van der Waals surface area contributed by atoms with Gasteiger partial charge in [0.1, 0.15) is 94.2 Å². The molecule has 0 aliphatic rings. The Hall–Kier alpha value is -8.12. The lowest BCUT2D eigenvalue weighted by Crippen LogP contribution is -2.38. The molecule has 0 aliphatic heterocycles. The van der Waals surface area contributed by atoms with Gasteiger partial charge in [-0.15, -0.1) is 0 Å². The van der Waals surface area contributed by atoms with E-state index in [9.17, 15) is 69.3 Å². The third-order valence-electron chi connectivity index (χ3n) is 10.7. The van der Waals surface area contributed by atoms with Gasteiger partial charge in [-0.2, -0.15) is 31.0 Å². The Morgan fingerprint density at radius 2 is 0.741 bits per heavy atom. The quantitative estimate of drug-likeness (QED) is 0.0125. The number of rotatable bonds is 39. The van der Waals surface area contributed by atoms with Gasteiger partial charge in [-0.1, -0.05) is 33.7 Å². The van der Waals surface area contributed by atoms with Crippen LogP contribution in [0.3, 0.4) is 0 Å². The fourth-order valence-corrected chi connectivity index (χ4v) is 5.12. The summed E-state index contributed by atoms with van der Waals surface area (Å²) in [5.41, 5.74) is 1.89. The van der Waals surface area contributed by atoms with E-state index in [0.29, 0.717) is 6.42 Å². The van der Waals surface area contributed by atoms with E-state index in [-0.39, 0.29) is 119 Å². The highest BCUT2D eigenvalue weighted by Gasteiger charge is 2.31. The molecule has 0 amide bonds. The molecular formula is C56H87N9O20. The first-order chi connectivity index (χ1) is 38.8. The van der Waals surface area contributed by atoms with Crippen LogP contribution < -0.4 is 5.73 Å². The summed E-state index contributed by atoms with van der Waals surface area (Å²) in [5, 5.41) is 82.8. The van der Waals surface area contributed by atoms with E-state index in [1.165, 1.54) is 41.5 Å². The van der Waals surface area contributed by atoms with Gasteiger partial charge in [0.05, 0.1) is 25.1 Å². The van der Waals surface area contributed by atoms with Crippen LogP contribution in [0.25, 0.3) is 0 Å². The third-order valence-corrected chi connectivity index (χ3v) is 10.7. The Bertz CT molecular complexity index is 2430. The Balaban J connectivity index is -0.00000157. The summed E-state index contributed by atoms with van der Waals surface area (Å²) in [6.07, 6.45) is -5.20. The number of nitrogens with zero attached hydrogens (tertiary/aromatic N) is 7. The highest BCUT2D eigenvalue weighted by atomic mass is 16.6. The van der Waals surface area contributed by atoms with Crippen molar-refractivity contribution in [3.05, 3.63) is 48.6 Å². The molecule has 0 saturated carbocycles. The zero-order valence-corrected chi connectivity index (χ0v) is 49.7. The predicted molar refractivity (Wildman–Crippen MR) is 305 cm³/mol. The smallest absolute Gasteiger partial charge is 0.333 e. The molecule has 0 spiro atoms. The number of aliphatic imine (C=N–C) groups is 1. The van der Waals surface area contributed by atoms with Crippen LogP contribution in [-0.2, 0) is 76.3 Å². The summed E-state index contributed by atoms with van der Waals surface area (Å²) in [5.74, 6) is -5.30. The number of hydrogen-bond donors (Lipinski definition) is 6. The second-order valence-corrected chi connectivity index (χ2v) is 20.5. The Morgan fingerprint density at radius 3 is 1.04 bits per heavy atom. The summed E-state index contributed by atoms with van der Waals surface area (Å²) in [7, 11) is 0. The van der Waals surface area contributed by atoms with Crippen LogP contribution in [-0.4, -0.2) is 186 Å². The van der Waals surface area contributed by atoms with Gasteiger partial charge in [-0.3, -0.25) is 24.2 Å². The fraction of sp³-hybridized carbons (Fsp3) is 0.643. The largest absolute Gasteiger partial charge is 0.463 e. The highest BCUT2D eigenvalue weighted by Crippen LogP contribution is 2.24. The van der Waals surface area contributed by atoms with Gasteiger partial charge in [0.25, 0.3) is 0 Å². The number of aliphatic hydroxyl groups excluding tert-OH is 4. The maximum Gasteiger partial charge on any atom is 0.333 e. The zero-order chi connectivity index (χ0) is 65.0. The average molecular weight is 1210 g/mol.